The SMILES string of the molecule is CC(C)C1=CC2=CCC3[C@](C)(CCC[C@]3(C)C(=O)[O-])[C@@H]2CC1.CC(C)C1=CC2=CCC3[C@](C)(CCC[C@]3(C)C(=O)[O-])[C@@H]2CC1.CC(C)C1=CC2=CCC3[C@](C)(CCC[C@]3(C)C(=O)[O-])[C@@H]2CC1.[Al+3]. The Hall–Kier alpha value is -2.62. The minimum absolute atomic E-state index is 0. The van der Waals surface area contributed by atoms with E-state index >= 15 is 0 Å². The molecule has 9 rings (SSSR count). The third kappa shape index (κ3) is 9.40. The summed E-state index contributed by atoms with van der Waals surface area (Å²) in [6.45, 7) is 26.5. The fourth-order valence-corrected chi connectivity index (χ4v) is 16.8. The summed E-state index contributed by atoms with van der Waals surface area (Å²) < 4.78 is 0. The van der Waals surface area contributed by atoms with Crippen molar-refractivity contribution in [2.24, 2.45) is 85.8 Å². The average Bonchev–Trinajstić information content (AvgIpc) is 3.26. The second kappa shape index (κ2) is 19.9. The summed E-state index contributed by atoms with van der Waals surface area (Å²) in [7, 11) is 0. The number of rotatable bonds is 6. The molecule has 0 heterocycles. The van der Waals surface area contributed by atoms with E-state index in [2.05, 4.69) is 98.8 Å². The third-order valence-electron chi connectivity index (χ3n) is 21.1. The molecular formula is C60H87AlO6. The van der Waals surface area contributed by atoms with Crippen molar-refractivity contribution in [3.8, 4) is 0 Å². The normalized spacial score (nSPS) is 40.7. The molecule has 0 aromatic rings. The molecule has 7 heteroatoms. The first kappa shape index (κ1) is 53.7. The molecule has 0 saturated heterocycles. The number of fused-ring (bicyclic) bond motifs is 9. The second-order valence-electron chi connectivity index (χ2n) is 25.6. The van der Waals surface area contributed by atoms with Gasteiger partial charge in [0.1, 0.15) is 0 Å². The van der Waals surface area contributed by atoms with Gasteiger partial charge in [0.2, 0.25) is 0 Å². The number of carboxylic acids is 3. The van der Waals surface area contributed by atoms with Gasteiger partial charge in [-0.15, -0.1) is 0 Å². The van der Waals surface area contributed by atoms with E-state index in [1.165, 1.54) is 55.2 Å². The Kier molecular flexibility index (Phi) is 15.9. The summed E-state index contributed by atoms with van der Waals surface area (Å²) in [5.41, 5.74) is 7.52. The topological polar surface area (TPSA) is 120 Å². The summed E-state index contributed by atoms with van der Waals surface area (Å²) in [6.07, 6.45) is 32.9. The predicted octanol–water partition coefficient (Wildman–Crippen LogP) is 11.2. The van der Waals surface area contributed by atoms with Crippen LogP contribution in [-0.4, -0.2) is 35.3 Å². The zero-order valence-electron chi connectivity index (χ0n) is 43.9. The first-order chi connectivity index (χ1) is 30.9. The van der Waals surface area contributed by atoms with Gasteiger partial charge in [-0.05, 0) is 183 Å². The Morgan fingerprint density at radius 3 is 0.896 bits per heavy atom. The number of allylic oxidation sites excluding steroid dienone is 12. The van der Waals surface area contributed by atoms with Crippen LogP contribution in [0.2, 0.25) is 0 Å². The molecule has 0 bridgehead atoms. The van der Waals surface area contributed by atoms with Crippen molar-refractivity contribution in [3.63, 3.8) is 0 Å². The van der Waals surface area contributed by atoms with Crippen molar-refractivity contribution in [1.29, 1.82) is 0 Å². The molecule has 0 amide bonds. The molecule has 67 heavy (non-hydrogen) atoms. The molecule has 9 aliphatic rings. The van der Waals surface area contributed by atoms with Gasteiger partial charge in [0.05, 0.1) is 0 Å². The van der Waals surface area contributed by atoms with Crippen molar-refractivity contribution in [2.75, 3.05) is 0 Å². The van der Waals surface area contributed by atoms with Gasteiger partial charge >= 0.3 is 17.4 Å². The maximum Gasteiger partial charge on any atom is 3.00 e. The summed E-state index contributed by atoms with van der Waals surface area (Å²) >= 11 is 0. The molecule has 6 nitrogen and oxygen atoms in total. The first-order valence-corrected chi connectivity index (χ1v) is 26.7. The minimum Gasteiger partial charge on any atom is -0.550 e. The second-order valence-corrected chi connectivity index (χ2v) is 25.6. The predicted molar refractivity (Wildman–Crippen MR) is 266 cm³/mol. The molecule has 3 saturated carbocycles. The van der Waals surface area contributed by atoms with E-state index in [4.69, 9.17) is 0 Å². The van der Waals surface area contributed by atoms with Crippen molar-refractivity contribution in [1.82, 2.24) is 0 Å². The van der Waals surface area contributed by atoms with Gasteiger partial charge in [-0.3, -0.25) is 0 Å². The zero-order chi connectivity index (χ0) is 48.4. The van der Waals surface area contributed by atoms with Crippen LogP contribution in [0.15, 0.2) is 69.9 Å². The number of hydrogen-bond donors (Lipinski definition) is 0. The van der Waals surface area contributed by atoms with Crippen molar-refractivity contribution in [2.45, 2.75) is 199 Å². The van der Waals surface area contributed by atoms with Crippen LogP contribution >= 0.6 is 0 Å². The molecular weight excluding hydrogens is 844 g/mol. The molecule has 366 valence electrons. The Morgan fingerprint density at radius 2 is 0.687 bits per heavy atom. The molecule has 0 radical (unpaired) electrons. The van der Waals surface area contributed by atoms with Crippen LogP contribution in [0.4, 0.5) is 0 Å². The van der Waals surface area contributed by atoms with E-state index in [1.54, 1.807) is 16.7 Å². The van der Waals surface area contributed by atoms with Crippen molar-refractivity contribution < 1.29 is 29.7 Å². The third-order valence-corrected chi connectivity index (χ3v) is 21.1. The van der Waals surface area contributed by atoms with Gasteiger partial charge < -0.3 is 29.7 Å². The summed E-state index contributed by atoms with van der Waals surface area (Å²) in [5, 5.41) is 35.5. The van der Waals surface area contributed by atoms with Gasteiger partial charge in [-0.25, -0.2) is 0 Å². The molecule has 0 N–H and O–H groups in total. The maximum atomic E-state index is 11.8. The summed E-state index contributed by atoms with van der Waals surface area (Å²) in [5.74, 6) is 1.61. The van der Waals surface area contributed by atoms with Crippen molar-refractivity contribution in [3.05, 3.63) is 69.9 Å². The van der Waals surface area contributed by atoms with Gasteiger partial charge in [0.25, 0.3) is 0 Å². The van der Waals surface area contributed by atoms with Gasteiger partial charge in [-0.1, -0.05) is 156 Å². The van der Waals surface area contributed by atoms with Crippen LogP contribution in [0, 0.1) is 85.8 Å². The van der Waals surface area contributed by atoms with Gasteiger partial charge in [-0.2, -0.15) is 0 Å². The Labute approximate surface area is 417 Å². The standard InChI is InChI=1S/3C20H30O2.Al/c3*1-13(2)14-6-8-16-15(12-14)7-9-17-19(16,3)10-5-11-20(17,4)18(21)22;/h3*7,12-13,16-17H,5-6,8-11H2,1-4H3,(H,21,22);/q;;;+3/p-3/t3*16-,17?,19-,20+;/m111./s1. The molecule has 0 aromatic heterocycles. The molecule has 0 aliphatic heterocycles. The quantitative estimate of drug-likeness (QED) is 0.245. The van der Waals surface area contributed by atoms with Crippen LogP contribution in [-0.2, 0) is 14.4 Å². The van der Waals surface area contributed by atoms with E-state index in [-0.39, 0.29) is 51.4 Å². The molecule has 9 aliphatic carbocycles. The van der Waals surface area contributed by atoms with E-state index in [0.717, 1.165) is 77.0 Å². The number of hydrogen-bond acceptors (Lipinski definition) is 6. The number of carbonyl (C=O) groups is 3. The van der Waals surface area contributed by atoms with Gasteiger partial charge in [0.15, 0.2) is 0 Å². The minimum atomic E-state index is -0.838. The smallest absolute Gasteiger partial charge is 0.550 e. The number of carboxylic acid groups (broad SMARTS) is 3. The number of carbonyl (C=O) groups excluding carboxylic acids is 3. The van der Waals surface area contributed by atoms with Crippen LogP contribution in [0.1, 0.15) is 199 Å². The first-order valence-electron chi connectivity index (χ1n) is 26.7. The molecule has 3 unspecified atom stereocenters. The fourth-order valence-electron chi connectivity index (χ4n) is 16.8. The van der Waals surface area contributed by atoms with Gasteiger partial charge in [0, 0.05) is 34.2 Å². The van der Waals surface area contributed by atoms with E-state index in [9.17, 15) is 29.7 Å². The van der Waals surface area contributed by atoms with E-state index < -0.39 is 34.2 Å². The molecule has 0 aromatic carbocycles. The van der Waals surface area contributed by atoms with E-state index in [0.29, 0.717) is 35.5 Å². The molecule has 0 spiro atoms. The molecule has 12 atom stereocenters. The van der Waals surface area contributed by atoms with Crippen LogP contribution in [0.5, 0.6) is 0 Å². The fraction of sp³-hybridized carbons (Fsp3) is 0.750. The van der Waals surface area contributed by atoms with E-state index in [1.807, 2.05) is 20.8 Å². The Balaban J connectivity index is 0.000000165. The average molecular weight is 931 g/mol. The Bertz CT molecular complexity index is 1870. The summed E-state index contributed by atoms with van der Waals surface area (Å²) in [4.78, 5) is 35.5. The van der Waals surface area contributed by atoms with Crippen LogP contribution in [0.3, 0.4) is 0 Å². The van der Waals surface area contributed by atoms with Crippen molar-refractivity contribution >= 4 is 35.3 Å². The largest absolute Gasteiger partial charge is 3.00 e. The van der Waals surface area contributed by atoms with Crippen LogP contribution < -0.4 is 15.3 Å². The Morgan fingerprint density at radius 1 is 0.448 bits per heavy atom. The zero-order valence-corrected chi connectivity index (χ0v) is 45.1. The summed E-state index contributed by atoms with van der Waals surface area (Å²) in [6, 6.07) is 0. The monoisotopic (exact) mass is 931 g/mol. The van der Waals surface area contributed by atoms with Crippen LogP contribution in [0.25, 0.3) is 0 Å². The maximum absolute atomic E-state index is 11.8. The number of aliphatic carboxylic acids is 3. The molecule has 3 fully saturated rings.